The monoisotopic (exact) mass is 513 g/mol. The maximum absolute atomic E-state index is 12.7. The van der Waals surface area contributed by atoms with Gasteiger partial charge in [0.15, 0.2) is 0 Å². The van der Waals surface area contributed by atoms with Crippen LogP contribution in [0.1, 0.15) is 25.3 Å². The Morgan fingerprint density at radius 3 is 2.69 bits per heavy atom. The molecule has 1 aliphatic rings. The summed E-state index contributed by atoms with van der Waals surface area (Å²) in [5, 5.41) is 6.16. The van der Waals surface area contributed by atoms with Gasteiger partial charge in [-0.2, -0.15) is 0 Å². The van der Waals surface area contributed by atoms with E-state index in [1.165, 1.54) is 18.2 Å². The number of thiophene rings is 1. The normalized spacial score (nSPS) is 17.0. The van der Waals surface area contributed by atoms with Crippen LogP contribution in [0, 0.1) is 6.92 Å². The number of anilines is 1. The lowest BCUT2D eigenvalue weighted by Gasteiger charge is -2.34. The van der Waals surface area contributed by atoms with Crippen LogP contribution in [0.15, 0.2) is 34.8 Å². The van der Waals surface area contributed by atoms with Crippen LogP contribution in [0.25, 0.3) is 10.2 Å². The number of piperidine rings is 1. The number of nitrogens with zero attached hydrogens (tertiary/aromatic N) is 3. The van der Waals surface area contributed by atoms with Crippen molar-refractivity contribution >= 4 is 60.6 Å². The molecule has 2 aromatic heterocycles. The first-order valence-corrected chi connectivity index (χ1v) is 13.5. The summed E-state index contributed by atoms with van der Waals surface area (Å²) in [5.41, 5.74) is 2.16. The predicted octanol–water partition coefficient (Wildman–Crippen LogP) is 4.55. The van der Waals surface area contributed by atoms with Crippen LogP contribution in [-0.2, 0) is 10.0 Å². The molecule has 1 fully saturated rings. The standard InChI is InChI=1S/C21H25Cl2N5O2S2/c1-13-11-31-20-19(13)24-12-25-21(20)26-14(2)10-28-7-5-15(6-8-28)27-32(29,30)16-3-4-17(22)18(23)9-16/h3-4,9,11-12,14-15,27H,5-8,10H2,1-2H3,(H,24,25,26)/t14-/m0/s1. The number of aryl methyl sites for hydroxylation is 1. The Bertz CT molecular complexity index is 1210. The molecular formula is C21H25Cl2N5O2S2. The molecule has 1 aromatic carbocycles. The van der Waals surface area contributed by atoms with Gasteiger partial charge >= 0.3 is 0 Å². The quantitative estimate of drug-likeness (QED) is 0.481. The molecule has 3 heterocycles. The molecule has 0 spiro atoms. The van der Waals surface area contributed by atoms with Crippen molar-refractivity contribution in [3.63, 3.8) is 0 Å². The smallest absolute Gasteiger partial charge is 0.240 e. The van der Waals surface area contributed by atoms with Crippen molar-refractivity contribution < 1.29 is 8.42 Å². The Hall–Kier alpha value is -1.49. The highest BCUT2D eigenvalue weighted by Gasteiger charge is 2.26. The van der Waals surface area contributed by atoms with Crippen LogP contribution < -0.4 is 10.0 Å². The van der Waals surface area contributed by atoms with Crippen molar-refractivity contribution in [2.75, 3.05) is 25.0 Å². The Balaban J connectivity index is 1.30. The Kier molecular flexibility index (Phi) is 7.24. The van der Waals surface area contributed by atoms with E-state index in [4.69, 9.17) is 23.2 Å². The van der Waals surface area contributed by atoms with Gasteiger partial charge in [0.1, 0.15) is 12.1 Å². The summed E-state index contributed by atoms with van der Waals surface area (Å²) in [4.78, 5) is 11.3. The second-order valence-corrected chi connectivity index (χ2v) is 11.5. The second kappa shape index (κ2) is 9.79. The van der Waals surface area contributed by atoms with Crippen molar-refractivity contribution in [3.05, 3.63) is 45.5 Å². The molecule has 172 valence electrons. The fourth-order valence-corrected chi connectivity index (χ4v) is 6.55. The number of nitrogens with one attached hydrogen (secondary N) is 2. The molecule has 0 bridgehead atoms. The zero-order valence-electron chi connectivity index (χ0n) is 17.8. The van der Waals surface area contributed by atoms with Gasteiger partial charge in [0.05, 0.1) is 25.2 Å². The molecule has 2 N–H and O–H groups in total. The van der Waals surface area contributed by atoms with Gasteiger partial charge in [-0.1, -0.05) is 23.2 Å². The van der Waals surface area contributed by atoms with Gasteiger partial charge < -0.3 is 10.2 Å². The van der Waals surface area contributed by atoms with Crippen molar-refractivity contribution in [2.24, 2.45) is 0 Å². The van der Waals surface area contributed by atoms with Crippen LogP contribution in [0.4, 0.5) is 5.82 Å². The van der Waals surface area contributed by atoms with Gasteiger partial charge in [0.25, 0.3) is 0 Å². The summed E-state index contributed by atoms with van der Waals surface area (Å²) in [6.45, 7) is 6.67. The van der Waals surface area contributed by atoms with E-state index in [9.17, 15) is 8.42 Å². The molecular weight excluding hydrogens is 489 g/mol. The number of hydrogen-bond acceptors (Lipinski definition) is 7. The largest absolute Gasteiger partial charge is 0.365 e. The fourth-order valence-electron chi connectivity index (χ4n) is 3.90. The van der Waals surface area contributed by atoms with E-state index in [2.05, 4.69) is 44.1 Å². The highest BCUT2D eigenvalue weighted by Crippen LogP contribution is 2.29. The molecule has 1 atom stereocenters. The van der Waals surface area contributed by atoms with Crippen LogP contribution in [0.3, 0.4) is 0 Å². The van der Waals surface area contributed by atoms with Gasteiger partial charge in [-0.05, 0) is 68.9 Å². The first kappa shape index (κ1) is 23.7. The van der Waals surface area contributed by atoms with Crippen LogP contribution in [0.5, 0.6) is 0 Å². The zero-order chi connectivity index (χ0) is 22.9. The van der Waals surface area contributed by atoms with Gasteiger partial charge in [-0.25, -0.2) is 23.1 Å². The minimum atomic E-state index is -3.64. The van der Waals surface area contributed by atoms with E-state index in [1.807, 2.05) is 0 Å². The van der Waals surface area contributed by atoms with Crippen LogP contribution in [0.2, 0.25) is 10.0 Å². The average Bonchev–Trinajstić information content (AvgIpc) is 3.13. The van der Waals surface area contributed by atoms with Crippen molar-refractivity contribution in [1.82, 2.24) is 19.6 Å². The number of hydrogen-bond donors (Lipinski definition) is 2. The lowest BCUT2D eigenvalue weighted by molar-refractivity contribution is 0.202. The second-order valence-electron chi connectivity index (χ2n) is 8.14. The van der Waals surface area contributed by atoms with Crippen molar-refractivity contribution in [3.8, 4) is 0 Å². The third-order valence-corrected chi connectivity index (χ3v) is 8.91. The molecule has 0 saturated carbocycles. The number of likely N-dealkylation sites (tertiary alicyclic amines) is 1. The van der Waals surface area contributed by atoms with Gasteiger partial charge in [0, 0.05) is 18.6 Å². The summed E-state index contributed by atoms with van der Waals surface area (Å²) >= 11 is 13.5. The minimum Gasteiger partial charge on any atom is -0.365 e. The zero-order valence-corrected chi connectivity index (χ0v) is 21.0. The number of sulfonamides is 1. The molecule has 0 unspecified atom stereocenters. The number of benzene rings is 1. The number of rotatable bonds is 7. The molecule has 11 heteroatoms. The maximum atomic E-state index is 12.7. The molecule has 0 radical (unpaired) electrons. The molecule has 32 heavy (non-hydrogen) atoms. The van der Waals surface area contributed by atoms with E-state index in [0.29, 0.717) is 5.02 Å². The highest BCUT2D eigenvalue weighted by atomic mass is 35.5. The minimum absolute atomic E-state index is 0.107. The number of aromatic nitrogens is 2. The summed E-state index contributed by atoms with van der Waals surface area (Å²) in [7, 11) is -3.64. The average molecular weight is 515 g/mol. The summed E-state index contributed by atoms with van der Waals surface area (Å²) in [6.07, 6.45) is 3.09. The van der Waals surface area contributed by atoms with E-state index in [1.54, 1.807) is 17.7 Å². The molecule has 0 aliphatic carbocycles. The fraction of sp³-hybridized carbons (Fsp3) is 0.429. The maximum Gasteiger partial charge on any atom is 0.240 e. The Morgan fingerprint density at radius 2 is 1.97 bits per heavy atom. The predicted molar refractivity (Wildman–Crippen MR) is 131 cm³/mol. The number of halogens is 2. The lowest BCUT2D eigenvalue weighted by atomic mass is 10.1. The van der Waals surface area contributed by atoms with Crippen LogP contribution >= 0.6 is 34.5 Å². The third kappa shape index (κ3) is 5.35. The molecule has 0 amide bonds. The molecule has 1 saturated heterocycles. The Labute approximate surface area is 202 Å². The first-order valence-electron chi connectivity index (χ1n) is 10.4. The van der Waals surface area contributed by atoms with Gasteiger partial charge in [-0.3, -0.25) is 0 Å². The molecule has 7 nitrogen and oxygen atoms in total. The van der Waals surface area contributed by atoms with Crippen LogP contribution in [-0.4, -0.2) is 55.0 Å². The molecule has 1 aliphatic heterocycles. The van der Waals surface area contributed by atoms with E-state index in [0.717, 1.165) is 54.1 Å². The number of fused-ring (bicyclic) bond motifs is 1. The van der Waals surface area contributed by atoms with Crippen molar-refractivity contribution in [1.29, 1.82) is 0 Å². The topological polar surface area (TPSA) is 87.2 Å². The SMILES string of the molecule is Cc1csc2c(N[C@@H](C)CN3CCC(NS(=O)(=O)c4ccc(Cl)c(Cl)c4)CC3)ncnc12. The molecule has 3 aromatic rings. The Morgan fingerprint density at radius 1 is 1.22 bits per heavy atom. The first-order chi connectivity index (χ1) is 15.2. The molecule has 4 rings (SSSR count). The van der Waals surface area contributed by atoms with E-state index >= 15 is 0 Å². The van der Waals surface area contributed by atoms with Gasteiger partial charge in [-0.15, -0.1) is 11.3 Å². The summed E-state index contributed by atoms with van der Waals surface area (Å²) in [5.74, 6) is 0.866. The summed E-state index contributed by atoms with van der Waals surface area (Å²) < 4.78 is 29.3. The third-order valence-electron chi connectivity index (χ3n) is 5.56. The van der Waals surface area contributed by atoms with Gasteiger partial charge in [0.2, 0.25) is 10.0 Å². The summed E-state index contributed by atoms with van der Waals surface area (Å²) in [6, 6.07) is 4.44. The van der Waals surface area contributed by atoms with Crippen molar-refractivity contribution in [2.45, 2.75) is 43.7 Å². The highest BCUT2D eigenvalue weighted by molar-refractivity contribution is 7.89. The van der Waals surface area contributed by atoms with E-state index < -0.39 is 10.0 Å². The van der Waals surface area contributed by atoms with E-state index in [-0.39, 0.29) is 22.0 Å². The lowest BCUT2D eigenvalue weighted by Crippen LogP contribution is -2.47.